The summed E-state index contributed by atoms with van der Waals surface area (Å²) in [6.45, 7) is 3.06. The van der Waals surface area contributed by atoms with Gasteiger partial charge in [0.2, 0.25) is 0 Å². The lowest BCUT2D eigenvalue weighted by molar-refractivity contribution is -0.301. The Labute approximate surface area is 48.3 Å². The molecule has 0 amide bonds. The quantitative estimate of drug-likeness (QED) is 0.551. The van der Waals surface area contributed by atoms with E-state index >= 15 is 0 Å². The molecule has 0 aromatic carbocycles. The molecule has 0 spiro atoms. The van der Waals surface area contributed by atoms with E-state index in [0.29, 0.717) is 0 Å². The molecule has 0 radical (unpaired) electrons. The number of rotatable bonds is 2. The van der Waals surface area contributed by atoms with Crippen molar-refractivity contribution in [3.63, 3.8) is 0 Å². The number of hydrogen-bond donors (Lipinski definition) is 1. The highest BCUT2D eigenvalue weighted by Crippen LogP contribution is 2.17. The standard InChI is InChI=1S/C5H11FO2/c1-4(2)5(6,7)8-3/h4,7H,1-3H3. The molecule has 0 saturated heterocycles. The molecule has 8 heavy (non-hydrogen) atoms. The summed E-state index contributed by atoms with van der Waals surface area (Å²) in [5, 5.41) is 8.51. The van der Waals surface area contributed by atoms with E-state index in [9.17, 15) is 4.39 Å². The molecule has 0 aromatic rings. The number of aliphatic hydroxyl groups is 1. The summed E-state index contributed by atoms with van der Waals surface area (Å²) in [4.78, 5) is 0. The number of halogens is 1. The van der Waals surface area contributed by atoms with Gasteiger partial charge in [-0.1, -0.05) is 13.8 Å². The zero-order chi connectivity index (χ0) is 6.78. The van der Waals surface area contributed by atoms with E-state index in [-0.39, 0.29) is 0 Å². The van der Waals surface area contributed by atoms with Crippen LogP contribution in [0.5, 0.6) is 0 Å². The molecule has 0 rings (SSSR count). The fourth-order valence-corrected chi connectivity index (χ4v) is 0.236. The highest BCUT2D eigenvalue weighted by atomic mass is 19.2. The zero-order valence-corrected chi connectivity index (χ0v) is 5.31. The summed E-state index contributed by atoms with van der Waals surface area (Å²) >= 11 is 0. The monoisotopic (exact) mass is 122 g/mol. The smallest absolute Gasteiger partial charge is 0.319 e. The van der Waals surface area contributed by atoms with Crippen molar-refractivity contribution in [2.75, 3.05) is 7.11 Å². The Hall–Kier alpha value is -0.150. The molecule has 0 aliphatic rings. The van der Waals surface area contributed by atoms with Gasteiger partial charge in [-0.25, -0.2) is 0 Å². The predicted octanol–water partition coefficient (Wildman–Crippen LogP) is 0.904. The molecule has 0 aromatic heterocycles. The minimum atomic E-state index is -2.46. The SMILES string of the molecule is COC(O)(F)C(C)C. The van der Waals surface area contributed by atoms with Crippen LogP contribution in [-0.4, -0.2) is 18.3 Å². The first-order valence-electron chi connectivity index (χ1n) is 2.47. The third-order valence-corrected chi connectivity index (χ3v) is 0.998. The van der Waals surface area contributed by atoms with Crippen LogP contribution in [0.3, 0.4) is 0 Å². The van der Waals surface area contributed by atoms with Gasteiger partial charge in [0.25, 0.3) is 0 Å². The van der Waals surface area contributed by atoms with Gasteiger partial charge in [0.15, 0.2) is 0 Å². The lowest BCUT2D eigenvalue weighted by Crippen LogP contribution is -2.31. The maximum atomic E-state index is 12.3. The molecule has 3 heteroatoms. The molecular formula is C5H11FO2. The van der Waals surface area contributed by atoms with Gasteiger partial charge >= 0.3 is 6.04 Å². The first-order chi connectivity index (χ1) is 3.50. The number of ether oxygens (including phenoxy) is 1. The van der Waals surface area contributed by atoms with Crippen LogP contribution in [0.1, 0.15) is 13.8 Å². The van der Waals surface area contributed by atoms with Gasteiger partial charge in [-0.2, -0.15) is 4.39 Å². The molecule has 1 atom stereocenters. The van der Waals surface area contributed by atoms with E-state index in [1.807, 2.05) is 0 Å². The highest BCUT2D eigenvalue weighted by Gasteiger charge is 2.29. The second-order valence-electron chi connectivity index (χ2n) is 1.97. The Kier molecular flexibility index (Phi) is 2.37. The third-order valence-electron chi connectivity index (χ3n) is 0.998. The molecule has 50 valence electrons. The molecule has 0 aliphatic heterocycles. The first kappa shape index (κ1) is 7.85. The molecular weight excluding hydrogens is 111 g/mol. The fourth-order valence-electron chi connectivity index (χ4n) is 0.236. The van der Waals surface area contributed by atoms with Crippen LogP contribution in [0.25, 0.3) is 0 Å². The van der Waals surface area contributed by atoms with Gasteiger partial charge in [-0.15, -0.1) is 0 Å². The minimum Gasteiger partial charge on any atom is -0.340 e. The highest BCUT2D eigenvalue weighted by molar-refractivity contribution is 4.54. The van der Waals surface area contributed by atoms with Crippen LogP contribution in [-0.2, 0) is 4.74 Å². The van der Waals surface area contributed by atoms with Crippen molar-refractivity contribution in [1.82, 2.24) is 0 Å². The molecule has 0 heterocycles. The van der Waals surface area contributed by atoms with Crippen molar-refractivity contribution in [3.8, 4) is 0 Å². The number of methoxy groups -OCH3 is 1. The van der Waals surface area contributed by atoms with Gasteiger partial charge in [0.05, 0.1) is 0 Å². The van der Waals surface area contributed by atoms with Crippen molar-refractivity contribution in [1.29, 1.82) is 0 Å². The van der Waals surface area contributed by atoms with E-state index in [1.165, 1.54) is 13.8 Å². The second kappa shape index (κ2) is 2.42. The number of alkyl halides is 1. The Morgan fingerprint density at radius 1 is 1.62 bits per heavy atom. The molecule has 0 fully saturated rings. The van der Waals surface area contributed by atoms with Crippen molar-refractivity contribution in [2.45, 2.75) is 19.9 Å². The lowest BCUT2D eigenvalue weighted by atomic mass is 10.2. The molecule has 0 saturated carbocycles. The summed E-state index contributed by atoms with van der Waals surface area (Å²) < 4.78 is 16.4. The van der Waals surface area contributed by atoms with Crippen molar-refractivity contribution >= 4 is 0 Å². The fraction of sp³-hybridized carbons (Fsp3) is 1.00. The van der Waals surface area contributed by atoms with Gasteiger partial charge in [-0.3, -0.25) is 0 Å². The summed E-state index contributed by atoms with van der Waals surface area (Å²) in [7, 11) is 1.12. The van der Waals surface area contributed by atoms with Gasteiger partial charge in [0, 0.05) is 13.0 Å². The Morgan fingerprint density at radius 2 is 2.00 bits per heavy atom. The van der Waals surface area contributed by atoms with Crippen LogP contribution in [0.15, 0.2) is 0 Å². The van der Waals surface area contributed by atoms with Crippen LogP contribution >= 0.6 is 0 Å². The van der Waals surface area contributed by atoms with Gasteiger partial charge in [0.1, 0.15) is 0 Å². The minimum absolute atomic E-state index is 0.521. The first-order valence-corrected chi connectivity index (χ1v) is 2.47. The normalized spacial score (nSPS) is 18.8. The average molecular weight is 122 g/mol. The van der Waals surface area contributed by atoms with Crippen LogP contribution in [0, 0.1) is 5.92 Å². The van der Waals surface area contributed by atoms with Crippen molar-refractivity contribution < 1.29 is 14.2 Å². The summed E-state index contributed by atoms with van der Waals surface area (Å²) in [5.41, 5.74) is 0. The van der Waals surface area contributed by atoms with Gasteiger partial charge in [-0.05, 0) is 0 Å². The van der Waals surface area contributed by atoms with Crippen molar-refractivity contribution in [2.24, 2.45) is 5.92 Å². The lowest BCUT2D eigenvalue weighted by Gasteiger charge is -2.19. The summed E-state index contributed by atoms with van der Waals surface area (Å²) in [5.74, 6) is -0.521. The van der Waals surface area contributed by atoms with Gasteiger partial charge < -0.3 is 9.84 Å². The maximum Gasteiger partial charge on any atom is 0.319 e. The van der Waals surface area contributed by atoms with Crippen LogP contribution in [0.2, 0.25) is 0 Å². The van der Waals surface area contributed by atoms with Crippen LogP contribution < -0.4 is 0 Å². The van der Waals surface area contributed by atoms with E-state index in [0.717, 1.165) is 7.11 Å². The predicted molar refractivity (Wildman–Crippen MR) is 27.9 cm³/mol. The zero-order valence-electron chi connectivity index (χ0n) is 5.31. The van der Waals surface area contributed by atoms with E-state index in [4.69, 9.17) is 5.11 Å². The Morgan fingerprint density at radius 3 is 2.00 bits per heavy atom. The van der Waals surface area contributed by atoms with Crippen molar-refractivity contribution in [3.05, 3.63) is 0 Å². The average Bonchev–Trinajstić information content (AvgIpc) is 1.67. The number of hydrogen-bond acceptors (Lipinski definition) is 2. The summed E-state index contributed by atoms with van der Waals surface area (Å²) in [6.07, 6.45) is 0. The molecule has 0 aliphatic carbocycles. The molecule has 1 N–H and O–H groups in total. The third kappa shape index (κ3) is 1.76. The Bertz CT molecular complexity index is 70.8. The molecule has 0 bridgehead atoms. The largest absolute Gasteiger partial charge is 0.340 e. The van der Waals surface area contributed by atoms with E-state index in [2.05, 4.69) is 4.74 Å². The topological polar surface area (TPSA) is 29.5 Å². The maximum absolute atomic E-state index is 12.3. The molecule has 2 nitrogen and oxygen atoms in total. The second-order valence-corrected chi connectivity index (χ2v) is 1.97. The Balaban J connectivity index is 3.71. The summed E-state index contributed by atoms with van der Waals surface area (Å²) in [6, 6.07) is -2.46. The molecule has 1 unspecified atom stereocenters. The van der Waals surface area contributed by atoms with E-state index in [1.54, 1.807) is 0 Å². The van der Waals surface area contributed by atoms with E-state index < -0.39 is 12.0 Å². The van der Waals surface area contributed by atoms with Crippen LogP contribution in [0.4, 0.5) is 4.39 Å².